The molecule has 3 aliphatic rings. The van der Waals surface area contributed by atoms with Gasteiger partial charge in [-0.25, -0.2) is 0 Å². The molecule has 0 unspecified atom stereocenters. The van der Waals surface area contributed by atoms with Crippen molar-refractivity contribution in [1.82, 2.24) is 4.90 Å². The van der Waals surface area contributed by atoms with Crippen molar-refractivity contribution in [2.75, 3.05) is 19.6 Å². The predicted octanol–water partition coefficient (Wildman–Crippen LogP) is 3.16. The normalized spacial score (nSPS) is 37.2. The monoisotopic (exact) mass is 250 g/mol. The van der Waals surface area contributed by atoms with Crippen molar-refractivity contribution in [3.63, 3.8) is 0 Å². The third-order valence-corrected chi connectivity index (χ3v) is 5.76. The van der Waals surface area contributed by atoms with Gasteiger partial charge in [-0.1, -0.05) is 38.5 Å². The lowest BCUT2D eigenvalue weighted by Crippen LogP contribution is -2.54. The molecule has 0 amide bonds. The Morgan fingerprint density at radius 2 is 1.61 bits per heavy atom. The third-order valence-electron chi connectivity index (χ3n) is 5.76. The van der Waals surface area contributed by atoms with Gasteiger partial charge in [0.15, 0.2) is 0 Å². The van der Waals surface area contributed by atoms with E-state index in [1.807, 2.05) is 0 Å². The van der Waals surface area contributed by atoms with E-state index in [0.717, 1.165) is 11.8 Å². The highest BCUT2D eigenvalue weighted by molar-refractivity contribution is 4.93. The SMILES string of the molecule is NC1(CN2CC[C@@H]3CCCC[C@@H]3C2)CCCCC1. The van der Waals surface area contributed by atoms with E-state index in [0.29, 0.717) is 0 Å². The largest absolute Gasteiger partial charge is 0.324 e. The van der Waals surface area contributed by atoms with Crippen molar-refractivity contribution in [3.8, 4) is 0 Å². The second kappa shape index (κ2) is 5.50. The van der Waals surface area contributed by atoms with Crippen LogP contribution >= 0.6 is 0 Å². The van der Waals surface area contributed by atoms with Gasteiger partial charge in [-0.05, 0) is 44.1 Å². The highest BCUT2D eigenvalue weighted by Gasteiger charge is 2.35. The van der Waals surface area contributed by atoms with E-state index in [2.05, 4.69) is 4.90 Å². The van der Waals surface area contributed by atoms with Crippen LogP contribution in [0, 0.1) is 11.8 Å². The fourth-order valence-corrected chi connectivity index (χ4v) is 4.68. The molecule has 2 heteroatoms. The lowest BCUT2D eigenvalue weighted by atomic mass is 9.74. The van der Waals surface area contributed by atoms with Crippen LogP contribution in [-0.2, 0) is 0 Å². The van der Waals surface area contributed by atoms with E-state index in [4.69, 9.17) is 5.73 Å². The topological polar surface area (TPSA) is 29.3 Å². The maximum absolute atomic E-state index is 6.62. The van der Waals surface area contributed by atoms with Gasteiger partial charge in [-0.2, -0.15) is 0 Å². The zero-order valence-corrected chi connectivity index (χ0v) is 11.9. The van der Waals surface area contributed by atoms with Crippen LogP contribution in [0.2, 0.25) is 0 Å². The Hall–Kier alpha value is -0.0800. The first kappa shape index (κ1) is 12.9. The van der Waals surface area contributed by atoms with Crippen LogP contribution in [0.5, 0.6) is 0 Å². The van der Waals surface area contributed by atoms with Gasteiger partial charge >= 0.3 is 0 Å². The van der Waals surface area contributed by atoms with Crippen LogP contribution in [0.25, 0.3) is 0 Å². The Kier molecular flexibility index (Phi) is 3.95. The molecule has 3 fully saturated rings. The van der Waals surface area contributed by atoms with Gasteiger partial charge in [0.2, 0.25) is 0 Å². The Balaban J connectivity index is 1.54. The van der Waals surface area contributed by atoms with Crippen LogP contribution in [0.15, 0.2) is 0 Å². The molecular formula is C16H30N2. The van der Waals surface area contributed by atoms with E-state index in [-0.39, 0.29) is 5.54 Å². The van der Waals surface area contributed by atoms with Crippen molar-refractivity contribution >= 4 is 0 Å². The molecule has 1 saturated heterocycles. The summed E-state index contributed by atoms with van der Waals surface area (Å²) in [7, 11) is 0. The summed E-state index contributed by atoms with van der Waals surface area (Å²) in [5, 5.41) is 0. The van der Waals surface area contributed by atoms with Crippen molar-refractivity contribution < 1.29 is 0 Å². The molecule has 1 aliphatic heterocycles. The number of piperidine rings is 1. The molecule has 0 bridgehead atoms. The highest BCUT2D eigenvalue weighted by atomic mass is 15.2. The molecule has 2 nitrogen and oxygen atoms in total. The minimum absolute atomic E-state index is 0.153. The number of likely N-dealkylation sites (tertiary alicyclic amines) is 1. The van der Waals surface area contributed by atoms with E-state index in [9.17, 15) is 0 Å². The van der Waals surface area contributed by atoms with Crippen LogP contribution in [0.3, 0.4) is 0 Å². The molecule has 0 aromatic heterocycles. The van der Waals surface area contributed by atoms with E-state index < -0.39 is 0 Å². The second-order valence-electron chi connectivity index (χ2n) is 7.25. The van der Waals surface area contributed by atoms with E-state index in [1.165, 1.54) is 83.8 Å². The summed E-state index contributed by atoms with van der Waals surface area (Å²) in [4.78, 5) is 2.71. The molecule has 2 aliphatic carbocycles. The number of fused-ring (bicyclic) bond motifs is 1. The number of nitrogens with two attached hydrogens (primary N) is 1. The quantitative estimate of drug-likeness (QED) is 0.815. The molecule has 0 aromatic rings. The average Bonchev–Trinajstić information content (AvgIpc) is 2.39. The standard InChI is InChI=1S/C16H30N2/c17-16(9-4-1-5-10-16)13-18-11-8-14-6-2-3-7-15(14)12-18/h14-15H,1-13,17H2/t14-,15+/m0/s1. The van der Waals surface area contributed by atoms with Gasteiger partial charge in [0.1, 0.15) is 0 Å². The molecular weight excluding hydrogens is 220 g/mol. The summed E-state index contributed by atoms with van der Waals surface area (Å²) in [6, 6.07) is 0. The number of hydrogen-bond donors (Lipinski definition) is 1. The number of nitrogens with zero attached hydrogens (tertiary/aromatic N) is 1. The van der Waals surface area contributed by atoms with Crippen molar-refractivity contribution in [2.24, 2.45) is 17.6 Å². The Labute approximate surface area is 112 Å². The summed E-state index contributed by atoms with van der Waals surface area (Å²) >= 11 is 0. The molecule has 18 heavy (non-hydrogen) atoms. The molecule has 0 aromatic carbocycles. The minimum Gasteiger partial charge on any atom is -0.324 e. The Morgan fingerprint density at radius 3 is 2.39 bits per heavy atom. The zero-order chi connectivity index (χ0) is 12.4. The van der Waals surface area contributed by atoms with E-state index in [1.54, 1.807) is 0 Å². The molecule has 0 radical (unpaired) electrons. The Morgan fingerprint density at radius 1 is 0.889 bits per heavy atom. The first-order chi connectivity index (χ1) is 8.75. The van der Waals surface area contributed by atoms with E-state index >= 15 is 0 Å². The van der Waals surface area contributed by atoms with Gasteiger partial charge < -0.3 is 10.6 Å². The molecule has 0 spiro atoms. The van der Waals surface area contributed by atoms with Crippen molar-refractivity contribution in [3.05, 3.63) is 0 Å². The molecule has 2 N–H and O–H groups in total. The number of rotatable bonds is 2. The van der Waals surface area contributed by atoms with Crippen LogP contribution in [-0.4, -0.2) is 30.1 Å². The summed E-state index contributed by atoms with van der Waals surface area (Å²) < 4.78 is 0. The third kappa shape index (κ3) is 2.91. The van der Waals surface area contributed by atoms with Crippen LogP contribution in [0.1, 0.15) is 64.2 Å². The van der Waals surface area contributed by atoms with Gasteiger partial charge in [0.25, 0.3) is 0 Å². The average molecular weight is 250 g/mol. The zero-order valence-electron chi connectivity index (χ0n) is 11.9. The molecule has 1 heterocycles. The van der Waals surface area contributed by atoms with Crippen molar-refractivity contribution in [2.45, 2.75) is 69.7 Å². The molecule has 2 saturated carbocycles. The van der Waals surface area contributed by atoms with Crippen LogP contribution < -0.4 is 5.73 Å². The van der Waals surface area contributed by atoms with Crippen LogP contribution in [0.4, 0.5) is 0 Å². The van der Waals surface area contributed by atoms with Crippen molar-refractivity contribution in [1.29, 1.82) is 0 Å². The smallest absolute Gasteiger partial charge is 0.0283 e. The summed E-state index contributed by atoms with van der Waals surface area (Å²) in [6.07, 6.45) is 14.0. The lowest BCUT2D eigenvalue weighted by molar-refractivity contribution is 0.0631. The summed E-state index contributed by atoms with van der Waals surface area (Å²) in [5.74, 6) is 2.05. The second-order valence-corrected chi connectivity index (χ2v) is 7.25. The summed E-state index contributed by atoms with van der Waals surface area (Å²) in [5.41, 5.74) is 6.77. The first-order valence-corrected chi connectivity index (χ1v) is 8.26. The fraction of sp³-hybridized carbons (Fsp3) is 1.00. The molecule has 104 valence electrons. The van der Waals surface area contributed by atoms with Gasteiger partial charge in [0, 0.05) is 18.6 Å². The first-order valence-electron chi connectivity index (χ1n) is 8.26. The molecule has 2 atom stereocenters. The predicted molar refractivity (Wildman–Crippen MR) is 76.5 cm³/mol. The lowest BCUT2D eigenvalue weighted by Gasteiger charge is -2.45. The minimum atomic E-state index is 0.153. The van der Waals surface area contributed by atoms with Gasteiger partial charge in [-0.3, -0.25) is 0 Å². The summed E-state index contributed by atoms with van der Waals surface area (Å²) in [6.45, 7) is 3.85. The maximum atomic E-state index is 6.62. The fourth-order valence-electron chi connectivity index (χ4n) is 4.68. The maximum Gasteiger partial charge on any atom is 0.0283 e. The van der Waals surface area contributed by atoms with Gasteiger partial charge in [-0.15, -0.1) is 0 Å². The van der Waals surface area contributed by atoms with Gasteiger partial charge in [0.05, 0.1) is 0 Å². The Bertz CT molecular complexity index is 270. The number of hydrogen-bond acceptors (Lipinski definition) is 2. The molecule has 3 rings (SSSR count). The highest BCUT2D eigenvalue weighted by Crippen LogP contribution is 2.37.